The van der Waals surface area contributed by atoms with Crippen molar-refractivity contribution >= 4 is 23.4 Å². The zero-order valence-electron chi connectivity index (χ0n) is 17.4. The molecule has 1 N–H and O–H groups in total. The van der Waals surface area contributed by atoms with Crippen LogP contribution in [0, 0.1) is 0 Å². The Hall–Kier alpha value is -1.82. The summed E-state index contributed by atoms with van der Waals surface area (Å²) in [6.45, 7) is 1.74. The lowest BCUT2D eigenvalue weighted by Gasteiger charge is -2.22. The van der Waals surface area contributed by atoms with E-state index < -0.39 is 6.10 Å². The molecule has 0 aromatic heterocycles. The normalized spacial score (nSPS) is 18.9. The first kappa shape index (κ1) is 21.4. The van der Waals surface area contributed by atoms with Crippen LogP contribution in [-0.4, -0.2) is 30.5 Å². The van der Waals surface area contributed by atoms with E-state index >= 15 is 0 Å². The topological polar surface area (TPSA) is 47.6 Å². The second kappa shape index (κ2) is 11.0. The Morgan fingerprint density at radius 3 is 2.57 bits per heavy atom. The van der Waals surface area contributed by atoms with Crippen LogP contribution in [0.25, 0.3) is 0 Å². The van der Waals surface area contributed by atoms with Gasteiger partial charge in [-0.25, -0.2) is 0 Å². The maximum Gasteiger partial charge on any atom is 0.258 e. The Morgan fingerprint density at radius 1 is 1.03 bits per heavy atom. The van der Waals surface area contributed by atoms with Crippen LogP contribution in [0.15, 0.2) is 54.6 Å². The molecule has 1 saturated carbocycles. The van der Waals surface area contributed by atoms with E-state index in [9.17, 15) is 4.79 Å². The minimum atomic E-state index is -0.574. The van der Waals surface area contributed by atoms with E-state index in [4.69, 9.17) is 9.47 Å². The predicted octanol–water partition coefficient (Wildman–Crippen LogP) is 5.74. The van der Waals surface area contributed by atoms with Gasteiger partial charge in [0.25, 0.3) is 5.91 Å². The molecule has 30 heavy (non-hydrogen) atoms. The molecule has 1 aliphatic heterocycles. The highest BCUT2D eigenvalue weighted by atomic mass is 32.2. The summed E-state index contributed by atoms with van der Waals surface area (Å²) in [5, 5.41) is 3.77. The van der Waals surface area contributed by atoms with E-state index in [0.29, 0.717) is 5.25 Å². The van der Waals surface area contributed by atoms with E-state index in [1.54, 1.807) is 0 Å². The molecule has 0 radical (unpaired) electrons. The fourth-order valence-electron chi connectivity index (χ4n) is 4.14. The molecule has 4 nitrogen and oxygen atoms in total. The van der Waals surface area contributed by atoms with Crippen molar-refractivity contribution in [3.8, 4) is 0 Å². The molecular weight excluding hydrogens is 394 g/mol. The van der Waals surface area contributed by atoms with Crippen molar-refractivity contribution in [3.63, 3.8) is 0 Å². The van der Waals surface area contributed by atoms with Gasteiger partial charge in [-0.15, -0.1) is 0 Å². The predicted molar refractivity (Wildman–Crippen MR) is 123 cm³/mol. The summed E-state index contributed by atoms with van der Waals surface area (Å²) in [6, 6.07) is 18.0. The molecule has 2 aliphatic rings. The number of thioether (sulfide) groups is 1. The van der Waals surface area contributed by atoms with E-state index in [0.717, 1.165) is 55.9 Å². The summed E-state index contributed by atoms with van der Waals surface area (Å²) in [5.41, 5.74) is 2.98. The molecule has 1 amide bonds. The van der Waals surface area contributed by atoms with E-state index in [2.05, 4.69) is 17.4 Å². The zero-order valence-corrected chi connectivity index (χ0v) is 18.2. The third kappa shape index (κ3) is 6.10. The van der Waals surface area contributed by atoms with Gasteiger partial charge in [0.05, 0.1) is 6.10 Å². The fourth-order valence-corrected chi connectivity index (χ4v) is 5.27. The lowest BCUT2D eigenvalue weighted by molar-refractivity contribution is -0.131. The molecule has 0 bridgehead atoms. The van der Waals surface area contributed by atoms with Crippen LogP contribution in [0.4, 0.5) is 5.69 Å². The van der Waals surface area contributed by atoms with Crippen molar-refractivity contribution in [1.82, 2.24) is 0 Å². The molecule has 2 aromatic rings. The van der Waals surface area contributed by atoms with Gasteiger partial charge in [0, 0.05) is 29.9 Å². The van der Waals surface area contributed by atoms with Crippen LogP contribution in [0.5, 0.6) is 0 Å². The maximum atomic E-state index is 13.2. The summed E-state index contributed by atoms with van der Waals surface area (Å²) < 4.78 is 11.7. The van der Waals surface area contributed by atoms with E-state index in [1.807, 2.05) is 54.2 Å². The number of nitrogens with one attached hydrogen (secondary N) is 1. The lowest BCUT2D eigenvalue weighted by atomic mass is 10.1. The second-order valence-electron chi connectivity index (χ2n) is 8.15. The molecule has 1 atom stereocenters. The fraction of sp³-hybridized carbons (Fsp3) is 0.480. The molecule has 1 aliphatic carbocycles. The minimum absolute atomic E-state index is 0.0951. The smallest absolute Gasteiger partial charge is 0.258 e. The number of benzene rings is 2. The highest BCUT2D eigenvalue weighted by Crippen LogP contribution is 2.30. The van der Waals surface area contributed by atoms with Crippen LogP contribution < -0.4 is 5.32 Å². The number of rotatable bonds is 8. The number of carbonyl (C=O) groups excluding carboxylic acids is 1. The van der Waals surface area contributed by atoms with Crippen LogP contribution in [-0.2, 0) is 20.0 Å². The van der Waals surface area contributed by atoms with Gasteiger partial charge in [0.2, 0.25) is 0 Å². The third-order valence-electron chi connectivity index (χ3n) is 5.82. The van der Waals surface area contributed by atoms with Gasteiger partial charge in [0.15, 0.2) is 6.10 Å². The molecule has 0 spiro atoms. The summed E-state index contributed by atoms with van der Waals surface area (Å²) >= 11 is 1.99. The third-order valence-corrected chi connectivity index (χ3v) is 7.26. The first-order valence-electron chi connectivity index (χ1n) is 11.1. The van der Waals surface area contributed by atoms with Gasteiger partial charge in [-0.05, 0) is 48.9 Å². The highest BCUT2D eigenvalue weighted by molar-refractivity contribution is 7.99. The first-order valence-corrected chi connectivity index (χ1v) is 12.1. The molecule has 160 valence electrons. The monoisotopic (exact) mass is 425 g/mol. The van der Waals surface area contributed by atoms with Crippen molar-refractivity contribution in [2.24, 2.45) is 0 Å². The summed E-state index contributed by atoms with van der Waals surface area (Å²) in [5.74, 6) is 0.858. The highest BCUT2D eigenvalue weighted by Gasteiger charge is 2.27. The minimum Gasteiger partial charge on any atom is -0.381 e. The van der Waals surface area contributed by atoms with Crippen LogP contribution in [0.1, 0.15) is 55.8 Å². The number of hydrogen-bond acceptors (Lipinski definition) is 4. The van der Waals surface area contributed by atoms with Crippen molar-refractivity contribution in [2.75, 3.05) is 18.5 Å². The quantitative estimate of drug-likeness (QED) is 0.586. The maximum absolute atomic E-state index is 13.2. The number of hydrogen-bond donors (Lipinski definition) is 1. The summed E-state index contributed by atoms with van der Waals surface area (Å²) in [7, 11) is 0. The molecular formula is C25H31NO3S. The van der Waals surface area contributed by atoms with Gasteiger partial charge in [-0.2, -0.15) is 11.8 Å². The van der Waals surface area contributed by atoms with E-state index in [-0.39, 0.29) is 12.0 Å². The number of amides is 1. The summed E-state index contributed by atoms with van der Waals surface area (Å²) in [6.07, 6.45) is 6.28. The van der Waals surface area contributed by atoms with Gasteiger partial charge < -0.3 is 14.8 Å². The zero-order chi connectivity index (χ0) is 20.6. The van der Waals surface area contributed by atoms with Crippen molar-refractivity contribution < 1.29 is 14.3 Å². The van der Waals surface area contributed by atoms with E-state index in [1.165, 1.54) is 18.4 Å². The number of anilines is 1. The average molecular weight is 426 g/mol. The molecule has 2 fully saturated rings. The second-order valence-corrected chi connectivity index (χ2v) is 9.43. The lowest BCUT2D eigenvalue weighted by Crippen LogP contribution is -2.26. The molecule has 4 rings (SSSR count). The van der Waals surface area contributed by atoms with Gasteiger partial charge in [-0.1, -0.05) is 55.3 Å². The SMILES string of the molecule is O=C(Nc1cccc(CSC2CCOCC2)c1)C(OC1CCCC1)c1ccccc1. The van der Waals surface area contributed by atoms with Crippen LogP contribution in [0.2, 0.25) is 0 Å². The molecule has 5 heteroatoms. The Balaban J connectivity index is 1.40. The van der Waals surface area contributed by atoms with Gasteiger partial charge >= 0.3 is 0 Å². The Labute approximate surface area is 183 Å². The number of carbonyl (C=O) groups is 1. The Morgan fingerprint density at radius 2 is 1.80 bits per heavy atom. The van der Waals surface area contributed by atoms with Crippen LogP contribution >= 0.6 is 11.8 Å². The molecule has 1 heterocycles. The number of ether oxygens (including phenoxy) is 2. The largest absolute Gasteiger partial charge is 0.381 e. The molecule has 1 saturated heterocycles. The van der Waals surface area contributed by atoms with Crippen molar-refractivity contribution in [2.45, 2.75) is 61.7 Å². The summed E-state index contributed by atoms with van der Waals surface area (Å²) in [4.78, 5) is 13.2. The molecule has 1 unspecified atom stereocenters. The van der Waals surface area contributed by atoms with Crippen molar-refractivity contribution in [3.05, 3.63) is 65.7 Å². The molecule has 2 aromatic carbocycles. The average Bonchev–Trinajstić information content (AvgIpc) is 3.31. The van der Waals surface area contributed by atoms with Gasteiger partial charge in [-0.3, -0.25) is 4.79 Å². The Kier molecular flexibility index (Phi) is 7.84. The standard InChI is InChI=1S/C25H31NO3S/c27-25(24(20-8-2-1-3-9-20)29-22-11-4-5-12-22)26-21-10-6-7-19(17-21)18-30-23-13-15-28-16-14-23/h1-3,6-10,17,22-24H,4-5,11-16,18H2,(H,26,27). The first-order chi connectivity index (χ1) is 14.8. The van der Waals surface area contributed by atoms with Crippen molar-refractivity contribution in [1.29, 1.82) is 0 Å². The van der Waals surface area contributed by atoms with Crippen LogP contribution in [0.3, 0.4) is 0 Å². The van der Waals surface area contributed by atoms with Gasteiger partial charge in [0.1, 0.15) is 0 Å². The Bertz CT molecular complexity index is 801.